The van der Waals surface area contributed by atoms with Crippen LogP contribution in [0.15, 0.2) is 22.7 Å². The van der Waals surface area contributed by atoms with Gasteiger partial charge in [-0.1, -0.05) is 19.9 Å². The lowest BCUT2D eigenvalue weighted by Gasteiger charge is -2.23. The first-order chi connectivity index (χ1) is 9.82. The average molecular weight is 373 g/mol. The van der Waals surface area contributed by atoms with Gasteiger partial charge in [-0.2, -0.15) is 11.8 Å². The van der Waals surface area contributed by atoms with Gasteiger partial charge in [0.15, 0.2) is 0 Å². The van der Waals surface area contributed by atoms with Gasteiger partial charge >= 0.3 is 0 Å². The number of halogens is 1. The third-order valence-electron chi connectivity index (χ3n) is 3.53. The predicted octanol–water partition coefficient (Wildman–Crippen LogP) is 3.72. The number of nitro groups is 1. The van der Waals surface area contributed by atoms with Crippen LogP contribution in [-0.2, 0) is 0 Å². The van der Waals surface area contributed by atoms with Crippen molar-refractivity contribution >= 4 is 39.3 Å². The highest BCUT2D eigenvalue weighted by Crippen LogP contribution is 2.33. The monoisotopic (exact) mass is 372 g/mol. The van der Waals surface area contributed by atoms with Crippen LogP contribution in [0.2, 0.25) is 0 Å². The lowest BCUT2D eigenvalue weighted by Crippen LogP contribution is -2.33. The highest BCUT2D eigenvalue weighted by atomic mass is 79.9. The number of amides is 1. The summed E-state index contributed by atoms with van der Waals surface area (Å²) in [5.74, 6) is 0.731. The Labute approximate surface area is 136 Å². The first-order valence-electron chi connectivity index (χ1n) is 6.68. The molecule has 1 fully saturated rings. The third kappa shape index (κ3) is 3.77. The number of thioether (sulfide) groups is 1. The molecule has 0 atom stereocenters. The van der Waals surface area contributed by atoms with E-state index >= 15 is 0 Å². The number of nitrogens with zero attached hydrogens (tertiary/aromatic N) is 2. The normalized spacial score (nSPS) is 18.1. The van der Waals surface area contributed by atoms with Crippen LogP contribution in [0.5, 0.6) is 0 Å². The molecular weight excluding hydrogens is 356 g/mol. The highest BCUT2D eigenvalue weighted by molar-refractivity contribution is 9.10. The molecule has 0 radical (unpaired) electrons. The Balaban J connectivity index is 2.24. The second-order valence-electron chi connectivity index (χ2n) is 5.55. The standard InChI is InChI=1S/C14H17BrN2O3S/c1-14(2)6-7-16(8-9-21-14)13(18)10-4-3-5-11(12(10)15)17(19)20/h3-5H,6-9H2,1-2H3. The molecule has 7 heteroatoms. The Morgan fingerprint density at radius 1 is 1.43 bits per heavy atom. The van der Waals surface area contributed by atoms with Gasteiger partial charge in [-0.05, 0) is 28.4 Å². The van der Waals surface area contributed by atoms with Crippen LogP contribution in [-0.4, -0.2) is 39.3 Å². The SMILES string of the molecule is CC1(C)CCN(C(=O)c2cccc([N+](=O)[O-])c2Br)CCS1. The van der Waals surface area contributed by atoms with Gasteiger partial charge in [-0.25, -0.2) is 0 Å². The van der Waals surface area contributed by atoms with Crippen molar-refractivity contribution in [3.8, 4) is 0 Å². The van der Waals surface area contributed by atoms with Gasteiger partial charge in [-0.3, -0.25) is 14.9 Å². The fourth-order valence-corrected chi connectivity index (χ4v) is 3.90. The number of hydrogen-bond donors (Lipinski definition) is 0. The van der Waals surface area contributed by atoms with Crippen molar-refractivity contribution in [3.05, 3.63) is 38.3 Å². The fourth-order valence-electron chi connectivity index (χ4n) is 2.22. The topological polar surface area (TPSA) is 63.5 Å². The van der Waals surface area contributed by atoms with Gasteiger partial charge < -0.3 is 4.90 Å². The maximum atomic E-state index is 12.6. The molecule has 1 aromatic rings. The summed E-state index contributed by atoms with van der Waals surface area (Å²) in [6.07, 6.45) is 0.913. The van der Waals surface area contributed by atoms with E-state index in [0.717, 1.165) is 12.2 Å². The van der Waals surface area contributed by atoms with E-state index in [1.165, 1.54) is 6.07 Å². The number of hydrogen-bond acceptors (Lipinski definition) is 4. The summed E-state index contributed by atoms with van der Waals surface area (Å²) in [7, 11) is 0. The minimum atomic E-state index is -0.484. The quantitative estimate of drug-likeness (QED) is 0.586. The summed E-state index contributed by atoms with van der Waals surface area (Å²) < 4.78 is 0.422. The first kappa shape index (κ1) is 16.3. The van der Waals surface area contributed by atoms with Gasteiger partial charge in [-0.15, -0.1) is 0 Å². The Bertz CT molecular complexity index is 577. The Kier molecular flexibility index (Phi) is 4.93. The van der Waals surface area contributed by atoms with Crippen LogP contribution in [0, 0.1) is 10.1 Å². The summed E-state index contributed by atoms with van der Waals surface area (Å²) in [5.41, 5.74) is 0.277. The van der Waals surface area contributed by atoms with E-state index in [-0.39, 0.29) is 20.8 Å². The van der Waals surface area contributed by atoms with E-state index in [9.17, 15) is 14.9 Å². The van der Waals surface area contributed by atoms with Crippen LogP contribution >= 0.6 is 27.7 Å². The summed E-state index contributed by atoms with van der Waals surface area (Å²) in [6, 6.07) is 4.57. The van der Waals surface area contributed by atoms with Gasteiger partial charge in [0.25, 0.3) is 11.6 Å². The second-order valence-corrected chi connectivity index (χ2v) is 8.14. The van der Waals surface area contributed by atoms with Gasteiger partial charge in [0.2, 0.25) is 0 Å². The van der Waals surface area contributed by atoms with Crippen molar-refractivity contribution in [2.24, 2.45) is 0 Å². The predicted molar refractivity (Wildman–Crippen MR) is 87.9 cm³/mol. The van der Waals surface area contributed by atoms with Gasteiger partial charge in [0.1, 0.15) is 4.47 Å². The molecular formula is C14H17BrN2O3S. The van der Waals surface area contributed by atoms with Crippen LogP contribution in [0.25, 0.3) is 0 Å². The molecule has 0 N–H and O–H groups in total. The molecule has 1 aromatic carbocycles. The molecule has 1 saturated heterocycles. The third-order valence-corrected chi connectivity index (χ3v) is 5.74. The molecule has 0 unspecified atom stereocenters. The van der Waals surface area contributed by atoms with Crippen LogP contribution in [0.1, 0.15) is 30.6 Å². The van der Waals surface area contributed by atoms with E-state index in [1.807, 2.05) is 11.8 Å². The first-order valence-corrected chi connectivity index (χ1v) is 8.46. The number of nitro benzene ring substituents is 1. The number of carbonyl (C=O) groups is 1. The molecule has 1 amide bonds. The van der Waals surface area contributed by atoms with Crippen molar-refractivity contribution in [2.45, 2.75) is 25.0 Å². The van der Waals surface area contributed by atoms with Crippen LogP contribution < -0.4 is 0 Å². The maximum absolute atomic E-state index is 12.6. The smallest absolute Gasteiger partial charge is 0.284 e. The number of benzene rings is 1. The molecule has 0 aliphatic carbocycles. The largest absolute Gasteiger partial charge is 0.338 e. The zero-order valence-electron chi connectivity index (χ0n) is 12.0. The van der Waals surface area contributed by atoms with Gasteiger partial charge in [0.05, 0.1) is 10.5 Å². The molecule has 0 bridgehead atoms. The summed E-state index contributed by atoms with van der Waals surface area (Å²) >= 11 is 5.05. The fraction of sp³-hybridized carbons (Fsp3) is 0.500. The molecule has 2 rings (SSSR count). The Hall–Kier alpha value is -1.08. The minimum Gasteiger partial charge on any atom is -0.338 e. The highest BCUT2D eigenvalue weighted by Gasteiger charge is 2.28. The lowest BCUT2D eigenvalue weighted by molar-refractivity contribution is -0.385. The molecule has 0 spiro atoms. The Morgan fingerprint density at radius 3 is 2.81 bits per heavy atom. The van der Waals surface area contributed by atoms with E-state index < -0.39 is 4.92 Å². The molecule has 5 nitrogen and oxygen atoms in total. The van der Waals surface area contributed by atoms with Crippen molar-refractivity contribution < 1.29 is 9.72 Å². The zero-order chi connectivity index (χ0) is 15.6. The average Bonchev–Trinajstić information content (AvgIpc) is 2.59. The molecule has 1 heterocycles. The molecule has 21 heavy (non-hydrogen) atoms. The molecule has 0 aromatic heterocycles. The number of carbonyl (C=O) groups excluding carboxylic acids is 1. The lowest BCUT2D eigenvalue weighted by atomic mass is 10.1. The van der Waals surface area contributed by atoms with E-state index in [2.05, 4.69) is 29.8 Å². The van der Waals surface area contributed by atoms with E-state index in [0.29, 0.717) is 18.7 Å². The van der Waals surface area contributed by atoms with Crippen molar-refractivity contribution in [2.75, 3.05) is 18.8 Å². The molecule has 114 valence electrons. The molecule has 1 aliphatic heterocycles. The zero-order valence-corrected chi connectivity index (χ0v) is 14.4. The molecule has 0 saturated carbocycles. The van der Waals surface area contributed by atoms with Crippen LogP contribution in [0.4, 0.5) is 5.69 Å². The minimum absolute atomic E-state index is 0.0784. The van der Waals surface area contributed by atoms with Crippen molar-refractivity contribution in [3.63, 3.8) is 0 Å². The Morgan fingerprint density at radius 2 is 2.14 bits per heavy atom. The molecule has 1 aliphatic rings. The maximum Gasteiger partial charge on any atom is 0.284 e. The number of rotatable bonds is 2. The summed E-state index contributed by atoms with van der Waals surface area (Å²) in [5, 5.41) is 11.0. The van der Waals surface area contributed by atoms with Gasteiger partial charge in [0, 0.05) is 29.7 Å². The van der Waals surface area contributed by atoms with Crippen molar-refractivity contribution in [1.29, 1.82) is 0 Å². The van der Waals surface area contributed by atoms with E-state index in [1.54, 1.807) is 17.0 Å². The van der Waals surface area contributed by atoms with E-state index in [4.69, 9.17) is 0 Å². The van der Waals surface area contributed by atoms with Crippen molar-refractivity contribution in [1.82, 2.24) is 4.90 Å². The second kappa shape index (κ2) is 6.36. The van der Waals surface area contributed by atoms with Crippen LogP contribution in [0.3, 0.4) is 0 Å². The summed E-state index contributed by atoms with van der Waals surface area (Å²) in [4.78, 5) is 24.9. The summed E-state index contributed by atoms with van der Waals surface area (Å²) in [6.45, 7) is 5.69.